The predicted octanol–water partition coefficient (Wildman–Crippen LogP) is 4.52. The number of hydrogen-bond acceptors (Lipinski definition) is 3. The van der Waals surface area contributed by atoms with Gasteiger partial charge in [0.05, 0.1) is 11.6 Å². The number of halogens is 4. The number of alkyl halides is 3. The third-order valence-electron chi connectivity index (χ3n) is 3.99. The molecule has 0 bridgehead atoms. The first-order chi connectivity index (χ1) is 11.0. The highest BCUT2D eigenvalue weighted by Crippen LogP contribution is 2.38. The van der Waals surface area contributed by atoms with E-state index in [1.54, 1.807) is 11.3 Å². The average molecular weight is 405 g/mol. The molecule has 23 heavy (non-hydrogen) atoms. The smallest absolute Gasteiger partial charge is 0.314 e. The van der Waals surface area contributed by atoms with Gasteiger partial charge in [-0.15, -0.1) is 0 Å². The van der Waals surface area contributed by atoms with E-state index in [4.69, 9.17) is 0 Å². The zero-order valence-corrected chi connectivity index (χ0v) is 14.6. The molecule has 1 aromatic carbocycles. The molecule has 2 aromatic rings. The van der Waals surface area contributed by atoms with E-state index < -0.39 is 11.7 Å². The molecule has 0 saturated carbocycles. The van der Waals surface area contributed by atoms with Crippen LogP contribution in [0.2, 0.25) is 0 Å². The van der Waals surface area contributed by atoms with Gasteiger partial charge in [0.2, 0.25) is 0 Å². The van der Waals surface area contributed by atoms with Gasteiger partial charge in [0, 0.05) is 30.7 Å². The largest absolute Gasteiger partial charge is 0.416 e. The molecule has 124 valence electrons. The number of hydrogen-bond donors (Lipinski definition) is 1. The number of rotatable bonds is 3. The minimum absolute atomic E-state index is 0.167. The second-order valence-electron chi connectivity index (χ2n) is 5.48. The highest BCUT2D eigenvalue weighted by molar-refractivity contribution is 9.10. The van der Waals surface area contributed by atoms with E-state index in [0.29, 0.717) is 10.0 Å². The summed E-state index contributed by atoms with van der Waals surface area (Å²) in [5.41, 5.74) is 1.10. The van der Waals surface area contributed by atoms with E-state index >= 15 is 0 Å². The summed E-state index contributed by atoms with van der Waals surface area (Å²) in [5, 5.41) is 7.26. The molecule has 7 heteroatoms. The zero-order valence-electron chi connectivity index (χ0n) is 12.2. The highest BCUT2D eigenvalue weighted by atomic mass is 79.9. The fourth-order valence-corrected chi connectivity index (χ4v) is 4.03. The van der Waals surface area contributed by atoms with E-state index in [2.05, 4.69) is 26.1 Å². The van der Waals surface area contributed by atoms with Gasteiger partial charge in [-0.25, -0.2) is 0 Å². The van der Waals surface area contributed by atoms with Crippen LogP contribution in [0.5, 0.6) is 0 Å². The third kappa shape index (κ3) is 3.79. The number of nitrogens with one attached hydrogen (secondary N) is 1. The van der Waals surface area contributed by atoms with Crippen molar-refractivity contribution in [3.05, 3.63) is 56.2 Å². The summed E-state index contributed by atoms with van der Waals surface area (Å²) in [6.45, 7) is 3.31. The molecule has 1 fully saturated rings. The molecule has 0 aliphatic carbocycles. The van der Waals surface area contributed by atoms with Gasteiger partial charge in [-0.3, -0.25) is 4.90 Å². The molecule has 1 aliphatic heterocycles. The molecular formula is C16H16BrF3N2S. The number of thiophene rings is 1. The fourth-order valence-electron chi connectivity index (χ4n) is 2.89. The van der Waals surface area contributed by atoms with Crippen molar-refractivity contribution in [2.45, 2.75) is 12.2 Å². The minimum Gasteiger partial charge on any atom is -0.314 e. The maximum atomic E-state index is 13.1. The van der Waals surface area contributed by atoms with E-state index in [1.807, 2.05) is 16.8 Å². The van der Waals surface area contributed by atoms with Crippen LogP contribution in [0.3, 0.4) is 0 Å². The average Bonchev–Trinajstić information content (AvgIpc) is 3.03. The Bertz CT molecular complexity index is 652. The highest BCUT2D eigenvalue weighted by Gasteiger charge is 2.33. The van der Waals surface area contributed by atoms with Crippen LogP contribution in [0.15, 0.2) is 39.5 Å². The van der Waals surface area contributed by atoms with Crippen LogP contribution in [0, 0.1) is 0 Å². The Balaban J connectivity index is 2.06. The molecule has 2 nitrogen and oxygen atoms in total. The lowest BCUT2D eigenvalue weighted by Gasteiger charge is -2.35. The monoisotopic (exact) mass is 404 g/mol. The first kappa shape index (κ1) is 17.0. The van der Waals surface area contributed by atoms with Crippen molar-refractivity contribution >= 4 is 27.3 Å². The Morgan fingerprint density at radius 2 is 1.91 bits per heavy atom. The second kappa shape index (κ2) is 6.93. The summed E-state index contributed by atoms with van der Waals surface area (Å²) < 4.78 is 40.0. The molecular weight excluding hydrogens is 389 g/mol. The van der Waals surface area contributed by atoms with Crippen LogP contribution in [0.25, 0.3) is 0 Å². The van der Waals surface area contributed by atoms with Crippen molar-refractivity contribution in [2.24, 2.45) is 0 Å². The molecule has 1 saturated heterocycles. The van der Waals surface area contributed by atoms with Gasteiger partial charge < -0.3 is 5.32 Å². The SMILES string of the molecule is FC(F)(F)c1ccc(Br)c([C@H](c2ccsc2)N2CCNCC2)c1. The Hall–Kier alpha value is -0.890. The Kier molecular flexibility index (Phi) is 5.10. The van der Waals surface area contributed by atoms with Crippen molar-refractivity contribution in [2.75, 3.05) is 26.2 Å². The van der Waals surface area contributed by atoms with Crippen LogP contribution < -0.4 is 5.32 Å². The molecule has 1 aliphatic rings. The lowest BCUT2D eigenvalue weighted by atomic mass is 9.97. The molecule has 0 unspecified atom stereocenters. The van der Waals surface area contributed by atoms with E-state index in [-0.39, 0.29) is 6.04 Å². The summed E-state index contributed by atoms with van der Waals surface area (Å²) in [7, 11) is 0. The zero-order chi connectivity index (χ0) is 16.4. The van der Waals surface area contributed by atoms with E-state index in [9.17, 15) is 13.2 Å². The summed E-state index contributed by atoms with van der Waals surface area (Å²) in [6.07, 6.45) is -4.34. The molecule has 0 spiro atoms. The van der Waals surface area contributed by atoms with Crippen molar-refractivity contribution in [1.82, 2.24) is 10.2 Å². The maximum absolute atomic E-state index is 13.1. The third-order valence-corrected chi connectivity index (χ3v) is 5.42. The van der Waals surface area contributed by atoms with Gasteiger partial charge in [0.15, 0.2) is 0 Å². The number of piperazine rings is 1. The molecule has 3 rings (SSSR count). The minimum atomic E-state index is -4.34. The standard InChI is InChI=1S/C16H16BrF3N2S/c17-14-2-1-12(16(18,19)20)9-13(14)15(11-3-8-23-10-11)22-6-4-21-5-7-22/h1-3,8-10,15,21H,4-7H2/t15-/m0/s1. The Labute approximate surface area is 145 Å². The molecule has 1 atom stereocenters. The summed E-state index contributed by atoms with van der Waals surface area (Å²) >= 11 is 5.01. The number of benzene rings is 1. The molecule has 2 heterocycles. The fraction of sp³-hybridized carbons (Fsp3) is 0.375. The van der Waals surface area contributed by atoms with Crippen LogP contribution in [-0.4, -0.2) is 31.1 Å². The molecule has 1 N–H and O–H groups in total. The molecule has 0 amide bonds. The first-order valence-corrected chi connectivity index (χ1v) is 9.04. The quantitative estimate of drug-likeness (QED) is 0.808. The normalized spacial score (nSPS) is 18.1. The van der Waals surface area contributed by atoms with Gasteiger partial charge >= 0.3 is 6.18 Å². The lowest BCUT2D eigenvalue weighted by Crippen LogP contribution is -2.45. The van der Waals surface area contributed by atoms with Gasteiger partial charge in [-0.05, 0) is 46.2 Å². The summed E-state index contributed by atoms with van der Waals surface area (Å²) in [6, 6.07) is 5.72. The van der Waals surface area contributed by atoms with Crippen LogP contribution in [0.1, 0.15) is 22.7 Å². The van der Waals surface area contributed by atoms with E-state index in [0.717, 1.165) is 37.8 Å². The number of nitrogens with zero attached hydrogens (tertiary/aromatic N) is 1. The van der Waals surface area contributed by atoms with Gasteiger partial charge in [0.25, 0.3) is 0 Å². The van der Waals surface area contributed by atoms with Gasteiger partial charge in [-0.1, -0.05) is 15.9 Å². The van der Waals surface area contributed by atoms with Crippen LogP contribution >= 0.6 is 27.3 Å². The Morgan fingerprint density at radius 3 is 2.52 bits per heavy atom. The first-order valence-electron chi connectivity index (χ1n) is 7.30. The van der Waals surface area contributed by atoms with Crippen molar-refractivity contribution in [1.29, 1.82) is 0 Å². The van der Waals surface area contributed by atoms with Crippen molar-refractivity contribution in [3.8, 4) is 0 Å². The molecule has 1 aromatic heterocycles. The maximum Gasteiger partial charge on any atom is 0.416 e. The summed E-state index contributed by atoms with van der Waals surface area (Å²) in [4.78, 5) is 2.23. The van der Waals surface area contributed by atoms with Gasteiger partial charge in [0.1, 0.15) is 0 Å². The van der Waals surface area contributed by atoms with Crippen molar-refractivity contribution in [3.63, 3.8) is 0 Å². The van der Waals surface area contributed by atoms with Crippen LogP contribution in [-0.2, 0) is 6.18 Å². The summed E-state index contributed by atoms with van der Waals surface area (Å²) in [5.74, 6) is 0. The Morgan fingerprint density at radius 1 is 1.17 bits per heavy atom. The topological polar surface area (TPSA) is 15.3 Å². The van der Waals surface area contributed by atoms with Gasteiger partial charge in [-0.2, -0.15) is 24.5 Å². The van der Waals surface area contributed by atoms with Crippen molar-refractivity contribution < 1.29 is 13.2 Å². The molecule has 0 radical (unpaired) electrons. The lowest BCUT2D eigenvalue weighted by molar-refractivity contribution is -0.137. The van der Waals surface area contributed by atoms with E-state index in [1.165, 1.54) is 12.1 Å². The predicted molar refractivity (Wildman–Crippen MR) is 89.7 cm³/mol. The second-order valence-corrected chi connectivity index (χ2v) is 7.11. The van der Waals surface area contributed by atoms with Crippen LogP contribution in [0.4, 0.5) is 13.2 Å².